The van der Waals surface area contributed by atoms with Gasteiger partial charge in [0.1, 0.15) is 5.82 Å². The van der Waals surface area contributed by atoms with E-state index in [1.165, 1.54) is 0 Å². The van der Waals surface area contributed by atoms with E-state index in [1.807, 2.05) is 12.5 Å². The Morgan fingerprint density at radius 3 is 2.86 bits per heavy atom. The molecule has 118 valence electrons. The van der Waals surface area contributed by atoms with Crippen LogP contribution in [0.4, 0.5) is 24.9 Å². The standard InChI is InChI=1S/C11H17F3N6O/c1-20-2-3-21-7(6-20)5-16-9-4-8(11(12,13)14)17-10(18-9)19-15/h4,7H,2-3,5-6,15H2,1H3,(H2,16,17,18,19). The molecular weight excluding hydrogens is 289 g/mol. The van der Waals surface area contributed by atoms with Crippen molar-refractivity contribution in [3.63, 3.8) is 0 Å². The Balaban J connectivity index is 2.05. The van der Waals surface area contributed by atoms with Gasteiger partial charge in [-0.15, -0.1) is 0 Å². The zero-order valence-electron chi connectivity index (χ0n) is 11.4. The first-order valence-corrected chi connectivity index (χ1v) is 6.35. The molecule has 0 spiro atoms. The third kappa shape index (κ3) is 4.41. The number of hydrogen-bond acceptors (Lipinski definition) is 7. The summed E-state index contributed by atoms with van der Waals surface area (Å²) in [5, 5.41) is 2.82. The number of halogens is 3. The van der Waals surface area contributed by atoms with Gasteiger partial charge in [-0.3, -0.25) is 5.43 Å². The summed E-state index contributed by atoms with van der Waals surface area (Å²) in [5.74, 6) is 4.83. The number of alkyl halides is 3. The van der Waals surface area contributed by atoms with Gasteiger partial charge < -0.3 is 15.0 Å². The van der Waals surface area contributed by atoms with Crippen molar-refractivity contribution in [1.29, 1.82) is 0 Å². The van der Waals surface area contributed by atoms with Gasteiger partial charge in [0.2, 0.25) is 5.95 Å². The highest BCUT2D eigenvalue weighted by Gasteiger charge is 2.33. The van der Waals surface area contributed by atoms with E-state index in [-0.39, 0.29) is 17.9 Å². The molecule has 1 fully saturated rings. The van der Waals surface area contributed by atoms with E-state index in [4.69, 9.17) is 10.6 Å². The van der Waals surface area contributed by atoms with Gasteiger partial charge in [0.15, 0.2) is 5.69 Å². The minimum absolute atomic E-state index is 0.0436. The number of anilines is 2. The molecule has 21 heavy (non-hydrogen) atoms. The predicted octanol–water partition coefficient (Wildman–Crippen LogP) is 0.523. The molecule has 2 rings (SSSR count). The normalized spacial score (nSPS) is 20.3. The second kappa shape index (κ2) is 6.41. The van der Waals surface area contributed by atoms with Gasteiger partial charge >= 0.3 is 6.18 Å². The van der Waals surface area contributed by atoms with Crippen LogP contribution in [0.3, 0.4) is 0 Å². The van der Waals surface area contributed by atoms with Gasteiger partial charge in [0, 0.05) is 25.7 Å². The lowest BCUT2D eigenvalue weighted by Crippen LogP contribution is -2.43. The maximum absolute atomic E-state index is 12.7. The Hall–Kier alpha value is -1.65. The summed E-state index contributed by atoms with van der Waals surface area (Å²) in [5.41, 5.74) is 0.963. The fourth-order valence-corrected chi connectivity index (χ4v) is 1.96. The number of morpholine rings is 1. The zero-order valence-corrected chi connectivity index (χ0v) is 11.4. The molecule has 1 aliphatic rings. The molecule has 1 unspecified atom stereocenters. The number of aromatic nitrogens is 2. The average molecular weight is 306 g/mol. The first kappa shape index (κ1) is 15.7. The summed E-state index contributed by atoms with van der Waals surface area (Å²) in [7, 11) is 1.96. The fourth-order valence-electron chi connectivity index (χ4n) is 1.96. The number of hydrazine groups is 1. The van der Waals surface area contributed by atoms with Crippen molar-refractivity contribution in [1.82, 2.24) is 14.9 Å². The van der Waals surface area contributed by atoms with Crippen LogP contribution >= 0.6 is 0 Å². The highest BCUT2D eigenvalue weighted by molar-refractivity contribution is 5.42. The minimum Gasteiger partial charge on any atom is -0.374 e. The fraction of sp³-hybridized carbons (Fsp3) is 0.636. The Bertz CT molecular complexity index is 484. The van der Waals surface area contributed by atoms with Crippen molar-refractivity contribution in [3.05, 3.63) is 11.8 Å². The van der Waals surface area contributed by atoms with Crippen molar-refractivity contribution in [2.75, 3.05) is 44.0 Å². The van der Waals surface area contributed by atoms with Crippen LogP contribution < -0.4 is 16.6 Å². The molecule has 1 aromatic rings. The highest BCUT2D eigenvalue weighted by atomic mass is 19.4. The molecule has 2 heterocycles. The van der Waals surface area contributed by atoms with Crippen LogP contribution in [-0.4, -0.2) is 54.3 Å². The first-order chi connectivity index (χ1) is 9.88. The van der Waals surface area contributed by atoms with Crippen molar-refractivity contribution in [3.8, 4) is 0 Å². The summed E-state index contributed by atoms with van der Waals surface area (Å²) in [6.07, 6.45) is -4.67. The topological polar surface area (TPSA) is 88.3 Å². The Kier molecular flexibility index (Phi) is 4.80. The van der Waals surface area contributed by atoms with Crippen LogP contribution in [0.25, 0.3) is 0 Å². The van der Waals surface area contributed by atoms with Crippen LogP contribution in [-0.2, 0) is 10.9 Å². The van der Waals surface area contributed by atoms with E-state index in [2.05, 4.69) is 20.2 Å². The maximum Gasteiger partial charge on any atom is 0.433 e. The third-order valence-corrected chi connectivity index (χ3v) is 3.00. The second-order valence-corrected chi connectivity index (χ2v) is 4.74. The second-order valence-electron chi connectivity index (χ2n) is 4.74. The molecule has 1 saturated heterocycles. The predicted molar refractivity (Wildman–Crippen MR) is 70.6 cm³/mol. The molecule has 1 aromatic heterocycles. The maximum atomic E-state index is 12.7. The van der Waals surface area contributed by atoms with Crippen molar-refractivity contribution in [2.45, 2.75) is 12.3 Å². The van der Waals surface area contributed by atoms with Gasteiger partial charge in [0.05, 0.1) is 12.7 Å². The van der Waals surface area contributed by atoms with Crippen LogP contribution in [0.15, 0.2) is 6.07 Å². The minimum atomic E-state index is -4.56. The highest BCUT2D eigenvalue weighted by Crippen LogP contribution is 2.29. The smallest absolute Gasteiger partial charge is 0.374 e. The van der Waals surface area contributed by atoms with E-state index in [9.17, 15) is 13.2 Å². The van der Waals surface area contributed by atoms with E-state index in [0.717, 1.165) is 12.6 Å². The van der Waals surface area contributed by atoms with Crippen LogP contribution in [0.5, 0.6) is 0 Å². The third-order valence-electron chi connectivity index (χ3n) is 3.00. The van der Waals surface area contributed by atoms with Crippen molar-refractivity contribution >= 4 is 11.8 Å². The zero-order chi connectivity index (χ0) is 15.5. The molecule has 4 N–H and O–H groups in total. The molecule has 1 aliphatic heterocycles. The van der Waals surface area contributed by atoms with Gasteiger partial charge in [-0.2, -0.15) is 18.2 Å². The van der Waals surface area contributed by atoms with Crippen LogP contribution in [0.1, 0.15) is 5.69 Å². The van der Waals surface area contributed by atoms with Crippen LogP contribution in [0, 0.1) is 0 Å². The van der Waals surface area contributed by atoms with E-state index in [1.54, 1.807) is 0 Å². The molecular formula is C11H17F3N6O. The van der Waals surface area contributed by atoms with Crippen LogP contribution in [0.2, 0.25) is 0 Å². The van der Waals surface area contributed by atoms with Gasteiger partial charge in [0.25, 0.3) is 0 Å². The van der Waals surface area contributed by atoms with E-state index < -0.39 is 11.9 Å². The van der Waals surface area contributed by atoms with E-state index >= 15 is 0 Å². The lowest BCUT2D eigenvalue weighted by Gasteiger charge is -2.30. The number of hydrogen-bond donors (Lipinski definition) is 3. The molecule has 1 atom stereocenters. The average Bonchev–Trinajstić information content (AvgIpc) is 2.44. The number of rotatable bonds is 4. The van der Waals surface area contributed by atoms with Gasteiger partial charge in [-0.05, 0) is 7.05 Å². The summed E-state index contributed by atoms with van der Waals surface area (Å²) in [6.45, 7) is 2.48. The molecule has 0 aromatic carbocycles. The number of nitrogens with zero attached hydrogens (tertiary/aromatic N) is 3. The molecule has 0 aliphatic carbocycles. The summed E-state index contributed by atoms with van der Waals surface area (Å²) >= 11 is 0. The Morgan fingerprint density at radius 1 is 1.48 bits per heavy atom. The summed E-state index contributed by atoms with van der Waals surface area (Å²) < 4.78 is 43.7. The molecule has 0 amide bonds. The van der Waals surface area contributed by atoms with Crippen molar-refractivity contribution in [2.24, 2.45) is 5.84 Å². The first-order valence-electron chi connectivity index (χ1n) is 6.35. The number of ether oxygens (including phenoxy) is 1. The monoisotopic (exact) mass is 306 g/mol. The molecule has 7 nitrogen and oxygen atoms in total. The SMILES string of the molecule is CN1CCOC(CNc2cc(C(F)(F)F)nc(NN)n2)C1. The largest absolute Gasteiger partial charge is 0.433 e. The Labute approximate surface area is 119 Å². The molecule has 0 saturated carbocycles. The van der Waals surface area contributed by atoms with Gasteiger partial charge in [-0.25, -0.2) is 10.8 Å². The lowest BCUT2D eigenvalue weighted by atomic mass is 10.3. The number of nitrogens with one attached hydrogen (secondary N) is 2. The quantitative estimate of drug-likeness (QED) is 0.552. The lowest BCUT2D eigenvalue weighted by molar-refractivity contribution is -0.141. The van der Waals surface area contributed by atoms with Gasteiger partial charge in [-0.1, -0.05) is 0 Å². The van der Waals surface area contributed by atoms with Crippen molar-refractivity contribution < 1.29 is 17.9 Å². The molecule has 0 bridgehead atoms. The summed E-state index contributed by atoms with van der Waals surface area (Å²) in [4.78, 5) is 9.21. The molecule has 0 radical (unpaired) electrons. The molecule has 10 heteroatoms. The van der Waals surface area contributed by atoms with E-state index in [0.29, 0.717) is 19.7 Å². The summed E-state index contributed by atoms with van der Waals surface area (Å²) in [6, 6.07) is 0.841. The number of nitrogen functional groups attached to an aromatic ring is 1. The Morgan fingerprint density at radius 2 is 2.24 bits per heavy atom. The number of nitrogens with two attached hydrogens (primary N) is 1. The number of likely N-dealkylation sites (N-methyl/N-ethyl adjacent to an activating group) is 1.